The van der Waals surface area contributed by atoms with E-state index in [1.54, 1.807) is 24.7 Å². The molecule has 1 spiro atoms. The molecule has 12 aromatic carbocycles. The average molecular weight is 997 g/mol. The van der Waals surface area contributed by atoms with Crippen molar-refractivity contribution in [3.63, 3.8) is 0 Å². The van der Waals surface area contributed by atoms with Crippen LogP contribution >= 0.6 is 0 Å². The number of aromatic nitrogens is 2. The van der Waals surface area contributed by atoms with Gasteiger partial charge in [-0.25, -0.2) is 14.4 Å². The molecule has 0 unspecified atom stereocenters. The summed E-state index contributed by atoms with van der Waals surface area (Å²) in [6, 6.07) is 92.7. The molecular formula is C73H45FN4. The highest BCUT2D eigenvalue weighted by Crippen LogP contribution is 2.65. The molecule has 4 nitrogen and oxygen atoms in total. The first kappa shape index (κ1) is 44.1. The Balaban J connectivity index is 0.889. The summed E-state index contributed by atoms with van der Waals surface area (Å²) in [6.07, 6.45) is 3.38. The molecule has 5 heteroatoms. The van der Waals surface area contributed by atoms with E-state index in [9.17, 15) is 0 Å². The van der Waals surface area contributed by atoms with Crippen molar-refractivity contribution in [2.75, 3.05) is 9.80 Å². The maximum absolute atomic E-state index is 16.8. The molecule has 13 aromatic rings. The molecule has 16 rings (SSSR count). The highest BCUT2D eigenvalue weighted by atomic mass is 19.1. The molecule has 78 heavy (non-hydrogen) atoms. The number of halogens is 1. The van der Waals surface area contributed by atoms with E-state index in [-0.39, 0.29) is 5.82 Å². The number of hydrogen-bond acceptors (Lipinski definition) is 4. The minimum absolute atomic E-state index is 0.295. The van der Waals surface area contributed by atoms with Crippen LogP contribution in [0.15, 0.2) is 273 Å². The molecule has 1 heterocycles. The summed E-state index contributed by atoms with van der Waals surface area (Å²) in [4.78, 5) is 13.2. The summed E-state index contributed by atoms with van der Waals surface area (Å²) in [5.74, 6) is 0.495. The van der Waals surface area contributed by atoms with Crippen molar-refractivity contribution >= 4 is 55.8 Å². The van der Waals surface area contributed by atoms with E-state index in [1.807, 2.05) is 24.3 Å². The molecule has 0 saturated carbocycles. The van der Waals surface area contributed by atoms with E-state index in [0.717, 1.165) is 56.2 Å². The molecule has 364 valence electrons. The Bertz CT molecular complexity index is 4480. The standard InChI is InChI=1S/C73H45FN4/c74-63-32-12-13-33-64(63)78(65-34-16-31-62-70(65)56-25-8-11-30-61(56)73(62)59-28-9-6-21-52(59)53-22-7-10-29-60(53)73)51-41-37-48(38-42-51)69-55-24-5-4-23-54(55)68(71-57-26-14-17-46-18-15-27-58(67(46)57)72(69)71)47-35-39-50(40-36-47)77(49-19-2-1-3-20-49)66-43-44-75-45-76-66/h1-45H. The highest BCUT2D eigenvalue weighted by molar-refractivity contribution is 6.27. The lowest BCUT2D eigenvalue weighted by Crippen LogP contribution is -2.26. The van der Waals surface area contributed by atoms with Crippen LogP contribution in [0.4, 0.5) is 38.6 Å². The van der Waals surface area contributed by atoms with Crippen LogP contribution in [0.1, 0.15) is 22.3 Å². The van der Waals surface area contributed by atoms with Crippen molar-refractivity contribution in [2.45, 2.75) is 5.41 Å². The molecule has 0 amide bonds. The Kier molecular flexibility index (Phi) is 9.70. The van der Waals surface area contributed by atoms with E-state index in [0.29, 0.717) is 5.69 Å². The quantitative estimate of drug-likeness (QED) is 0.152. The summed E-state index contributed by atoms with van der Waals surface area (Å²) in [7, 11) is 0. The number of rotatable bonds is 8. The van der Waals surface area contributed by atoms with Crippen LogP contribution in [0.25, 0.3) is 88.3 Å². The minimum atomic E-state index is -0.546. The third-order valence-corrected chi connectivity index (χ3v) is 16.6. The fourth-order valence-corrected chi connectivity index (χ4v) is 13.6. The van der Waals surface area contributed by atoms with Crippen molar-refractivity contribution in [1.82, 2.24) is 9.97 Å². The van der Waals surface area contributed by atoms with E-state index in [2.05, 4.69) is 244 Å². The fraction of sp³-hybridized carbons (Fsp3) is 0.0137. The van der Waals surface area contributed by atoms with Gasteiger partial charge in [0.25, 0.3) is 0 Å². The largest absolute Gasteiger partial charge is 0.307 e. The predicted molar refractivity (Wildman–Crippen MR) is 318 cm³/mol. The van der Waals surface area contributed by atoms with Gasteiger partial charge in [0.1, 0.15) is 18.0 Å². The van der Waals surface area contributed by atoms with Crippen LogP contribution in [0, 0.1) is 5.82 Å². The van der Waals surface area contributed by atoms with E-state index < -0.39 is 5.41 Å². The lowest BCUT2D eigenvalue weighted by molar-refractivity contribution is 0.629. The maximum Gasteiger partial charge on any atom is 0.147 e. The van der Waals surface area contributed by atoms with Crippen molar-refractivity contribution in [3.05, 3.63) is 301 Å². The first-order chi connectivity index (χ1) is 38.7. The Hall–Kier alpha value is -10.2. The molecule has 0 radical (unpaired) electrons. The van der Waals surface area contributed by atoms with Gasteiger partial charge in [0, 0.05) is 28.8 Å². The monoisotopic (exact) mass is 996 g/mol. The van der Waals surface area contributed by atoms with Gasteiger partial charge in [-0.1, -0.05) is 200 Å². The van der Waals surface area contributed by atoms with Crippen LogP contribution in [-0.2, 0) is 5.41 Å². The van der Waals surface area contributed by atoms with Gasteiger partial charge in [-0.3, -0.25) is 4.90 Å². The molecule has 0 aliphatic heterocycles. The topological polar surface area (TPSA) is 32.3 Å². The van der Waals surface area contributed by atoms with Crippen LogP contribution in [0.3, 0.4) is 0 Å². The summed E-state index contributed by atoms with van der Waals surface area (Å²) in [5, 5.41) is 4.79. The van der Waals surface area contributed by atoms with Gasteiger partial charge in [0.15, 0.2) is 0 Å². The molecule has 3 aliphatic carbocycles. The first-order valence-electron chi connectivity index (χ1n) is 26.6. The highest BCUT2D eigenvalue weighted by Gasteiger charge is 2.52. The van der Waals surface area contributed by atoms with Crippen LogP contribution in [-0.4, -0.2) is 9.97 Å². The van der Waals surface area contributed by atoms with Gasteiger partial charge in [0.2, 0.25) is 0 Å². The first-order valence-corrected chi connectivity index (χ1v) is 26.6. The summed E-state index contributed by atoms with van der Waals surface area (Å²) in [6.45, 7) is 0. The van der Waals surface area contributed by atoms with Gasteiger partial charge in [-0.2, -0.15) is 0 Å². The Labute approximate surface area is 451 Å². The summed E-state index contributed by atoms with van der Waals surface area (Å²) in [5.41, 5.74) is 22.9. The van der Waals surface area contributed by atoms with Gasteiger partial charge in [-0.05, 0) is 166 Å². The third kappa shape index (κ3) is 6.21. The zero-order chi connectivity index (χ0) is 51.5. The zero-order valence-corrected chi connectivity index (χ0v) is 42.1. The number of benzene rings is 12. The number of anilines is 6. The van der Waals surface area contributed by atoms with E-state index in [1.165, 1.54) is 82.9 Å². The fourth-order valence-electron chi connectivity index (χ4n) is 13.6. The van der Waals surface area contributed by atoms with Crippen LogP contribution in [0.5, 0.6) is 0 Å². The molecule has 1 aromatic heterocycles. The van der Waals surface area contributed by atoms with Crippen molar-refractivity contribution in [2.24, 2.45) is 0 Å². The molecule has 0 saturated heterocycles. The normalized spacial score (nSPS) is 12.8. The summed E-state index contributed by atoms with van der Waals surface area (Å²) < 4.78 is 16.8. The smallest absolute Gasteiger partial charge is 0.147 e. The third-order valence-electron chi connectivity index (χ3n) is 16.6. The Morgan fingerprint density at radius 1 is 0.333 bits per heavy atom. The average Bonchev–Trinajstić information content (AvgIpc) is 2.65. The van der Waals surface area contributed by atoms with Gasteiger partial charge in [-0.15, -0.1) is 0 Å². The zero-order valence-electron chi connectivity index (χ0n) is 42.1. The summed E-state index contributed by atoms with van der Waals surface area (Å²) >= 11 is 0. The molecular weight excluding hydrogens is 952 g/mol. The van der Waals surface area contributed by atoms with Gasteiger partial charge in [0.05, 0.1) is 16.8 Å². The molecule has 0 bridgehead atoms. The maximum atomic E-state index is 16.8. The molecule has 0 atom stereocenters. The molecule has 0 fully saturated rings. The Morgan fingerprint density at radius 3 is 1.41 bits per heavy atom. The number of fused-ring (bicyclic) bond motifs is 14. The molecule has 3 aliphatic rings. The van der Waals surface area contributed by atoms with Crippen molar-refractivity contribution < 1.29 is 4.39 Å². The van der Waals surface area contributed by atoms with Crippen molar-refractivity contribution in [3.8, 4) is 66.8 Å². The van der Waals surface area contributed by atoms with Crippen LogP contribution < -0.4 is 9.80 Å². The van der Waals surface area contributed by atoms with Crippen molar-refractivity contribution in [1.29, 1.82) is 0 Å². The lowest BCUT2D eigenvalue weighted by atomic mass is 9.70. The number of nitrogens with zero attached hydrogens (tertiary/aromatic N) is 4. The van der Waals surface area contributed by atoms with Gasteiger partial charge < -0.3 is 4.90 Å². The van der Waals surface area contributed by atoms with E-state index >= 15 is 4.39 Å². The predicted octanol–water partition coefficient (Wildman–Crippen LogP) is 19.2. The molecule has 0 N–H and O–H groups in total. The second-order valence-electron chi connectivity index (χ2n) is 20.5. The SMILES string of the molecule is Fc1ccccc1N(c1ccc(-c2c3c(c(-c4ccc(N(c5ccccc5)c5ccncn5)cc4)c4ccccc24)-c2cccc4cccc-3c24)cc1)c1cccc2c1-c1ccccc1C21c2ccccc2-c2ccccc21. The number of hydrogen-bond donors (Lipinski definition) is 0. The van der Waals surface area contributed by atoms with Crippen LogP contribution in [0.2, 0.25) is 0 Å². The lowest BCUT2D eigenvalue weighted by Gasteiger charge is -2.32. The Morgan fingerprint density at radius 2 is 0.808 bits per heavy atom. The van der Waals surface area contributed by atoms with Gasteiger partial charge >= 0.3 is 0 Å². The number of para-hydroxylation sites is 2. The minimum Gasteiger partial charge on any atom is -0.307 e. The second kappa shape index (κ2) is 17.2. The second-order valence-corrected chi connectivity index (χ2v) is 20.5. The van der Waals surface area contributed by atoms with E-state index in [4.69, 9.17) is 0 Å².